The Morgan fingerprint density at radius 2 is 1.60 bits per heavy atom. The van der Waals surface area contributed by atoms with E-state index < -0.39 is 11.4 Å². The first kappa shape index (κ1) is 19.1. The number of benzene rings is 3. The van der Waals surface area contributed by atoms with Crippen LogP contribution in [-0.4, -0.2) is 18.8 Å². The SMILES string of the molecule is COc1ccc2cc(C(=O)c3ccc(NC(=O)c4ccccc4)cc3)c(=O)oc2c1. The number of anilines is 1. The summed E-state index contributed by atoms with van der Waals surface area (Å²) in [6.45, 7) is 0. The van der Waals surface area contributed by atoms with Crippen LogP contribution in [0.1, 0.15) is 26.3 Å². The number of ketones is 1. The highest BCUT2D eigenvalue weighted by molar-refractivity contribution is 6.10. The molecule has 0 aliphatic carbocycles. The van der Waals surface area contributed by atoms with Gasteiger partial charge in [-0.1, -0.05) is 18.2 Å². The van der Waals surface area contributed by atoms with Gasteiger partial charge in [0.2, 0.25) is 0 Å². The van der Waals surface area contributed by atoms with E-state index >= 15 is 0 Å². The van der Waals surface area contributed by atoms with Crippen LogP contribution in [0.15, 0.2) is 88.1 Å². The Morgan fingerprint density at radius 1 is 0.867 bits per heavy atom. The molecule has 0 aliphatic heterocycles. The molecule has 0 fully saturated rings. The summed E-state index contributed by atoms with van der Waals surface area (Å²) in [5.74, 6) is -0.152. The molecule has 0 atom stereocenters. The van der Waals surface area contributed by atoms with Gasteiger partial charge in [0.25, 0.3) is 5.91 Å². The van der Waals surface area contributed by atoms with E-state index in [0.29, 0.717) is 33.5 Å². The summed E-state index contributed by atoms with van der Waals surface area (Å²) in [5, 5.41) is 3.38. The Balaban J connectivity index is 1.57. The van der Waals surface area contributed by atoms with Crippen LogP contribution in [0, 0.1) is 0 Å². The van der Waals surface area contributed by atoms with Crippen molar-refractivity contribution in [3.05, 3.63) is 106 Å². The number of fused-ring (bicyclic) bond motifs is 1. The van der Waals surface area contributed by atoms with Gasteiger partial charge in [0.1, 0.15) is 16.9 Å². The summed E-state index contributed by atoms with van der Waals surface area (Å²) < 4.78 is 10.4. The van der Waals surface area contributed by atoms with Crippen LogP contribution in [0.25, 0.3) is 11.0 Å². The lowest BCUT2D eigenvalue weighted by atomic mass is 10.0. The van der Waals surface area contributed by atoms with Crippen molar-refractivity contribution >= 4 is 28.3 Å². The Morgan fingerprint density at radius 3 is 2.30 bits per heavy atom. The minimum atomic E-state index is -0.720. The zero-order chi connectivity index (χ0) is 21.1. The quantitative estimate of drug-likeness (QED) is 0.400. The van der Waals surface area contributed by atoms with Gasteiger partial charge in [-0.25, -0.2) is 4.79 Å². The summed E-state index contributed by atoms with van der Waals surface area (Å²) >= 11 is 0. The van der Waals surface area contributed by atoms with Crippen LogP contribution in [-0.2, 0) is 0 Å². The van der Waals surface area contributed by atoms with Crippen LogP contribution >= 0.6 is 0 Å². The summed E-state index contributed by atoms with van der Waals surface area (Å²) in [4.78, 5) is 37.4. The molecule has 30 heavy (non-hydrogen) atoms. The van der Waals surface area contributed by atoms with E-state index in [0.717, 1.165) is 0 Å². The van der Waals surface area contributed by atoms with Gasteiger partial charge in [0.05, 0.1) is 7.11 Å². The Kier molecular flexibility index (Phi) is 5.13. The first-order valence-electron chi connectivity index (χ1n) is 9.18. The van der Waals surface area contributed by atoms with E-state index in [1.165, 1.54) is 13.2 Å². The molecule has 3 aromatic carbocycles. The minimum Gasteiger partial charge on any atom is -0.497 e. The van der Waals surface area contributed by atoms with Gasteiger partial charge in [-0.15, -0.1) is 0 Å². The fourth-order valence-corrected chi connectivity index (χ4v) is 3.03. The molecule has 6 nitrogen and oxygen atoms in total. The number of carbonyl (C=O) groups excluding carboxylic acids is 2. The summed E-state index contributed by atoms with van der Waals surface area (Å²) in [5.41, 5.74) is 0.944. The number of hydrogen-bond acceptors (Lipinski definition) is 5. The predicted octanol–water partition coefficient (Wildman–Crippen LogP) is 4.28. The first-order valence-corrected chi connectivity index (χ1v) is 9.18. The number of hydrogen-bond donors (Lipinski definition) is 1. The van der Waals surface area contributed by atoms with Crippen LogP contribution in [0.3, 0.4) is 0 Å². The second-order valence-electron chi connectivity index (χ2n) is 6.58. The largest absolute Gasteiger partial charge is 0.497 e. The van der Waals surface area contributed by atoms with Crippen LogP contribution < -0.4 is 15.7 Å². The van der Waals surface area contributed by atoms with Gasteiger partial charge >= 0.3 is 5.63 Å². The maximum atomic E-state index is 12.8. The number of carbonyl (C=O) groups is 2. The van der Waals surface area contributed by atoms with E-state index in [-0.39, 0.29) is 11.5 Å². The molecule has 1 aromatic heterocycles. The van der Waals surface area contributed by atoms with Crippen molar-refractivity contribution < 1.29 is 18.7 Å². The van der Waals surface area contributed by atoms with Gasteiger partial charge in [0, 0.05) is 28.3 Å². The van der Waals surface area contributed by atoms with Crippen molar-refractivity contribution in [1.82, 2.24) is 0 Å². The van der Waals surface area contributed by atoms with Crippen LogP contribution in [0.2, 0.25) is 0 Å². The molecule has 0 saturated carbocycles. The third-order valence-corrected chi connectivity index (χ3v) is 4.63. The number of rotatable bonds is 5. The van der Waals surface area contributed by atoms with E-state index in [9.17, 15) is 14.4 Å². The van der Waals surface area contributed by atoms with Crippen molar-refractivity contribution in [3.63, 3.8) is 0 Å². The fourth-order valence-electron chi connectivity index (χ4n) is 3.03. The molecule has 0 bridgehead atoms. The third kappa shape index (κ3) is 3.84. The summed E-state index contributed by atoms with van der Waals surface area (Å²) in [6, 6.07) is 21.7. The van der Waals surface area contributed by atoms with Crippen LogP contribution in [0.5, 0.6) is 5.75 Å². The Bertz CT molecular complexity index is 1290. The van der Waals surface area contributed by atoms with Crippen molar-refractivity contribution in [2.75, 3.05) is 12.4 Å². The average molecular weight is 399 g/mol. The van der Waals surface area contributed by atoms with Gasteiger partial charge in [-0.3, -0.25) is 9.59 Å². The highest BCUT2D eigenvalue weighted by Gasteiger charge is 2.16. The van der Waals surface area contributed by atoms with Gasteiger partial charge in [-0.2, -0.15) is 0 Å². The Labute approximate surface area is 171 Å². The third-order valence-electron chi connectivity index (χ3n) is 4.63. The van der Waals surface area contributed by atoms with Gasteiger partial charge in [-0.05, 0) is 54.6 Å². The first-order chi connectivity index (χ1) is 14.5. The molecule has 148 valence electrons. The highest BCUT2D eigenvalue weighted by Crippen LogP contribution is 2.21. The van der Waals surface area contributed by atoms with Crippen molar-refractivity contribution in [3.8, 4) is 5.75 Å². The normalized spacial score (nSPS) is 10.6. The molecular weight excluding hydrogens is 382 g/mol. The summed E-state index contributed by atoms with van der Waals surface area (Å²) in [7, 11) is 1.52. The second-order valence-corrected chi connectivity index (χ2v) is 6.58. The maximum Gasteiger partial charge on any atom is 0.347 e. The predicted molar refractivity (Wildman–Crippen MR) is 113 cm³/mol. The molecule has 0 unspecified atom stereocenters. The zero-order valence-electron chi connectivity index (χ0n) is 16.0. The van der Waals surface area contributed by atoms with E-state index in [4.69, 9.17) is 9.15 Å². The second kappa shape index (κ2) is 8.05. The fraction of sp³-hybridized carbons (Fsp3) is 0.0417. The maximum absolute atomic E-state index is 12.8. The lowest BCUT2D eigenvalue weighted by Gasteiger charge is -2.07. The number of amides is 1. The molecule has 1 N–H and O–H groups in total. The van der Waals surface area contributed by atoms with Gasteiger partial charge < -0.3 is 14.5 Å². The van der Waals surface area contributed by atoms with Crippen LogP contribution in [0.4, 0.5) is 5.69 Å². The molecule has 4 rings (SSSR count). The molecule has 1 amide bonds. The van der Waals surface area contributed by atoms with Crippen molar-refractivity contribution in [1.29, 1.82) is 0 Å². The average Bonchev–Trinajstić information content (AvgIpc) is 2.78. The molecule has 4 aromatic rings. The van der Waals surface area contributed by atoms with E-state index in [1.807, 2.05) is 6.07 Å². The standard InChI is InChI=1S/C24H17NO5/c1-29-19-12-9-17-13-20(24(28)30-21(17)14-19)22(26)15-7-10-18(11-8-15)25-23(27)16-5-3-2-4-6-16/h2-14H,1H3,(H,25,27). The lowest BCUT2D eigenvalue weighted by molar-refractivity contribution is 0.102. The Hall–Kier alpha value is -4.19. The molecule has 1 heterocycles. The minimum absolute atomic E-state index is 0.0614. The summed E-state index contributed by atoms with van der Waals surface area (Å²) in [6.07, 6.45) is 0. The highest BCUT2D eigenvalue weighted by atomic mass is 16.5. The molecule has 0 spiro atoms. The number of nitrogens with one attached hydrogen (secondary N) is 1. The smallest absolute Gasteiger partial charge is 0.347 e. The lowest BCUT2D eigenvalue weighted by Crippen LogP contribution is -2.15. The number of methoxy groups -OCH3 is 1. The molecule has 0 saturated heterocycles. The monoisotopic (exact) mass is 399 g/mol. The van der Waals surface area contributed by atoms with E-state index in [2.05, 4.69) is 5.32 Å². The topological polar surface area (TPSA) is 85.6 Å². The molecule has 0 radical (unpaired) electrons. The van der Waals surface area contributed by atoms with Gasteiger partial charge in [0.15, 0.2) is 5.78 Å². The molecule has 6 heteroatoms. The molecular formula is C24H17NO5. The van der Waals surface area contributed by atoms with Crippen molar-refractivity contribution in [2.24, 2.45) is 0 Å². The molecule has 0 aliphatic rings. The zero-order valence-corrected chi connectivity index (χ0v) is 16.0. The number of ether oxygens (including phenoxy) is 1. The van der Waals surface area contributed by atoms with E-state index in [1.54, 1.807) is 66.7 Å². The van der Waals surface area contributed by atoms with Crippen molar-refractivity contribution in [2.45, 2.75) is 0 Å².